The molecule has 0 aliphatic heterocycles. The van der Waals surface area contributed by atoms with Crippen molar-refractivity contribution in [2.45, 2.75) is 17.9 Å². The van der Waals surface area contributed by atoms with Crippen LogP contribution in [0.3, 0.4) is 0 Å². The molecule has 1 amide bonds. The van der Waals surface area contributed by atoms with Gasteiger partial charge in [0.25, 0.3) is 5.91 Å². The van der Waals surface area contributed by atoms with Crippen molar-refractivity contribution in [2.75, 3.05) is 6.54 Å². The first-order valence-electron chi connectivity index (χ1n) is 4.76. The van der Waals surface area contributed by atoms with Gasteiger partial charge in [-0.1, -0.05) is 22.9 Å². The lowest BCUT2D eigenvalue weighted by molar-refractivity contribution is -0.137. The highest BCUT2D eigenvalue weighted by atomic mass is 79.9. The topological polar surface area (TPSA) is 42.0 Å². The molecular formula is C10H10BrF3N2O. The summed E-state index contributed by atoms with van der Waals surface area (Å²) >= 11 is 3.23. The molecule has 1 aromatic heterocycles. The van der Waals surface area contributed by atoms with Crippen LogP contribution in [0.5, 0.6) is 0 Å². The molecule has 7 heteroatoms. The van der Waals surface area contributed by atoms with Gasteiger partial charge in [-0.25, -0.2) is 0 Å². The number of nitrogens with one attached hydrogen (secondary N) is 1. The molecule has 0 aliphatic carbocycles. The number of rotatable bonds is 3. The third-order valence-electron chi connectivity index (χ3n) is 1.87. The standard InChI is InChI=1S/C10H10BrF3N2O/c1-6(11)4-16-9(17)8-3-2-7(5-15-8)10(12,13)14/h2-3,5-6H,4H2,1H3,(H,16,17). The minimum absolute atomic E-state index is 0.0360. The van der Waals surface area contributed by atoms with Crippen LogP contribution < -0.4 is 5.32 Å². The van der Waals surface area contributed by atoms with Gasteiger partial charge in [0.15, 0.2) is 0 Å². The van der Waals surface area contributed by atoms with Crippen molar-refractivity contribution in [2.24, 2.45) is 0 Å². The quantitative estimate of drug-likeness (QED) is 0.872. The van der Waals surface area contributed by atoms with E-state index in [4.69, 9.17) is 0 Å². The zero-order valence-corrected chi connectivity index (χ0v) is 10.5. The minimum atomic E-state index is -4.44. The fourth-order valence-electron chi connectivity index (χ4n) is 1.02. The molecule has 1 aromatic rings. The van der Waals surface area contributed by atoms with Gasteiger partial charge < -0.3 is 5.32 Å². The van der Waals surface area contributed by atoms with E-state index in [1.54, 1.807) is 0 Å². The predicted molar refractivity (Wildman–Crippen MR) is 60.0 cm³/mol. The van der Waals surface area contributed by atoms with E-state index in [9.17, 15) is 18.0 Å². The fraction of sp³-hybridized carbons (Fsp3) is 0.400. The van der Waals surface area contributed by atoms with Crippen LogP contribution in [-0.2, 0) is 6.18 Å². The van der Waals surface area contributed by atoms with Crippen molar-refractivity contribution >= 4 is 21.8 Å². The number of pyridine rings is 1. The molecular weight excluding hydrogens is 301 g/mol. The highest BCUT2D eigenvalue weighted by Gasteiger charge is 2.30. The maximum atomic E-state index is 12.2. The summed E-state index contributed by atoms with van der Waals surface area (Å²) in [4.78, 5) is 15.0. The number of carbonyl (C=O) groups excluding carboxylic acids is 1. The average molecular weight is 311 g/mol. The summed E-state index contributed by atoms with van der Waals surface area (Å²) in [5.41, 5.74) is -0.908. The van der Waals surface area contributed by atoms with Crippen molar-refractivity contribution in [1.29, 1.82) is 0 Å². The number of alkyl halides is 4. The zero-order chi connectivity index (χ0) is 13.1. The number of carbonyl (C=O) groups is 1. The summed E-state index contributed by atoms with van der Waals surface area (Å²) in [6.45, 7) is 2.21. The van der Waals surface area contributed by atoms with Gasteiger partial charge in [0.05, 0.1) is 5.56 Å². The van der Waals surface area contributed by atoms with Gasteiger partial charge >= 0.3 is 6.18 Å². The monoisotopic (exact) mass is 310 g/mol. The summed E-state index contributed by atoms with van der Waals surface area (Å²) in [6, 6.07) is 1.89. The van der Waals surface area contributed by atoms with Crippen molar-refractivity contribution in [3.63, 3.8) is 0 Å². The summed E-state index contributed by atoms with van der Waals surface area (Å²) < 4.78 is 36.7. The molecule has 0 fully saturated rings. The highest BCUT2D eigenvalue weighted by molar-refractivity contribution is 9.09. The summed E-state index contributed by atoms with van der Waals surface area (Å²) in [6.07, 6.45) is -3.79. The van der Waals surface area contributed by atoms with Crippen LogP contribution in [0.1, 0.15) is 23.0 Å². The van der Waals surface area contributed by atoms with Gasteiger partial charge in [0, 0.05) is 17.6 Å². The van der Waals surface area contributed by atoms with E-state index < -0.39 is 17.6 Å². The molecule has 3 nitrogen and oxygen atoms in total. The normalized spacial score (nSPS) is 13.2. The van der Waals surface area contributed by atoms with E-state index in [0.717, 1.165) is 12.1 Å². The Balaban J connectivity index is 2.71. The van der Waals surface area contributed by atoms with Crippen LogP contribution in [-0.4, -0.2) is 22.3 Å². The number of hydrogen-bond acceptors (Lipinski definition) is 2. The molecule has 0 aliphatic rings. The molecule has 0 bridgehead atoms. The van der Waals surface area contributed by atoms with Crippen LogP contribution in [0.25, 0.3) is 0 Å². The Kier molecular flexibility index (Phi) is 4.50. The third-order valence-corrected chi connectivity index (χ3v) is 2.19. The Morgan fingerprint density at radius 2 is 2.18 bits per heavy atom. The van der Waals surface area contributed by atoms with E-state index in [1.807, 2.05) is 6.92 Å². The molecule has 1 N–H and O–H groups in total. The van der Waals surface area contributed by atoms with Crippen molar-refractivity contribution in [3.05, 3.63) is 29.6 Å². The maximum absolute atomic E-state index is 12.2. The molecule has 94 valence electrons. The van der Waals surface area contributed by atoms with Crippen molar-refractivity contribution in [1.82, 2.24) is 10.3 Å². The lowest BCUT2D eigenvalue weighted by Gasteiger charge is -2.08. The molecule has 0 aromatic carbocycles. The Labute approximate surface area is 105 Å². The molecule has 0 saturated heterocycles. The van der Waals surface area contributed by atoms with Crippen LogP contribution in [0.2, 0.25) is 0 Å². The summed E-state index contributed by atoms with van der Waals surface area (Å²) in [5.74, 6) is -0.495. The summed E-state index contributed by atoms with van der Waals surface area (Å²) in [5, 5.41) is 2.53. The minimum Gasteiger partial charge on any atom is -0.350 e. The number of halogens is 4. The van der Waals surface area contributed by atoms with Gasteiger partial charge in [-0.15, -0.1) is 0 Å². The first kappa shape index (κ1) is 14.0. The third kappa shape index (κ3) is 4.33. The smallest absolute Gasteiger partial charge is 0.350 e. The number of aromatic nitrogens is 1. The molecule has 1 atom stereocenters. The van der Waals surface area contributed by atoms with Gasteiger partial charge in [-0.3, -0.25) is 9.78 Å². The Morgan fingerprint density at radius 1 is 1.53 bits per heavy atom. The molecule has 1 heterocycles. The SMILES string of the molecule is CC(Br)CNC(=O)c1ccc(C(F)(F)F)cn1. The van der Waals surface area contributed by atoms with E-state index >= 15 is 0 Å². The predicted octanol–water partition coefficient (Wildman–Crippen LogP) is 2.61. The zero-order valence-electron chi connectivity index (χ0n) is 8.88. The van der Waals surface area contributed by atoms with Crippen LogP contribution in [0.4, 0.5) is 13.2 Å². The van der Waals surface area contributed by atoms with E-state index in [-0.39, 0.29) is 10.5 Å². The lowest BCUT2D eigenvalue weighted by Crippen LogP contribution is -2.29. The second-order valence-electron chi connectivity index (χ2n) is 3.42. The number of hydrogen-bond donors (Lipinski definition) is 1. The number of amides is 1. The second-order valence-corrected chi connectivity index (χ2v) is 4.98. The van der Waals surface area contributed by atoms with Crippen LogP contribution >= 0.6 is 15.9 Å². The second kappa shape index (κ2) is 5.48. The molecule has 17 heavy (non-hydrogen) atoms. The molecule has 1 rings (SSSR count). The average Bonchev–Trinajstić information content (AvgIpc) is 2.25. The first-order valence-corrected chi connectivity index (χ1v) is 5.68. The van der Waals surface area contributed by atoms with E-state index in [2.05, 4.69) is 26.2 Å². The molecule has 0 spiro atoms. The number of nitrogens with zero attached hydrogens (tertiary/aromatic N) is 1. The van der Waals surface area contributed by atoms with E-state index in [0.29, 0.717) is 12.7 Å². The maximum Gasteiger partial charge on any atom is 0.417 e. The Hall–Kier alpha value is -1.11. The lowest BCUT2D eigenvalue weighted by atomic mass is 10.2. The molecule has 0 saturated carbocycles. The largest absolute Gasteiger partial charge is 0.417 e. The van der Waals surface area contributed by atoms with Gasteiger partial charge in [0.2, 0.25) is 0 Å². The van der Waals surface area contributed by atoms with E-state index in [1.165, 1.54) is 0 Å². The Morgan fingerprint density at radius 3 is 2.59 bits per heavy atom. The van der Waals surface area contributed by atoms with Crippen LogP contribution in [0, 0.1) is 0 Å². The highest BCUT2D eigenvalue weighted by Crippen LogP contribution is 2.28. The Bertz CT molecular complexity index is 390. The first-order chi connectivity index (χ1) is 7.80. The van der Waals surface area contributed by atoms with Crippen molar-refractivity contribution < 1.29 is 18.0 Å². The fourth-order valence-corrected chi connectivity index (χ4v) is 1.18. The van der Waals surface area contributed by atoms with Crippen LogP contribution in [0.15, 0.2) is 18.3 Å². The summed E-state index contributed by atoms with van der Waals surface area (Å²) in [7, 11) is 0. The van der Waals surface area contributed by atoms with Gasteiger partial charge in [0.1, 0.15) is 5.69 Å². The van der Waals surface area contributed by atoms with Gasteiger partial charge in [-0.05, 0) is 12.1 Å². The molecule has 0 radical (unpaired) electrons. The van der Waals surface area contributed by atoms with Gasteiger partial charge in [-0.2, -0.15) is 13.2 Å². The molecule has 1 unspecified atom stereocenters. The van der Waals surface area contributed by atoms with Crippen molar-refractivity contribution in [3.8, 4) is 0 Å².